The summed E-state index contributed by atoms with van der Waals surface area (Å²) in [6, 6.07) is 10.3. The molecule has 0 saturated carbocycles. The lowest BCUT2D eigenvalue weighted by Gasteiger charge is -2.30. The zero-order chi connectivity index (χ0) is 24.5. The minimum Gasteiger partial charge on any atom is -0.371 e. The van der Waals surface area contributed by atoms with Crippen LogP contribution in [-0.2, 0) is 10.0 Å². The topological polar surface area (TPSA) is 113 Å². The molecule has 0 aliphatic carbocycles. The summed E-state index contributed by atoms with van der Waals surface area (Å²) in [6.07, 6.45) is 3.21. The second-order valence-corrected chi connectivity index (χ2v) is 10.8. The van der Waals surface area contributed by atoms with E-state index < -0.39 is 10.0 Å². The van der Waals surface area contributed by atoms with E-state index in [0.29, 0.717) is 17.1 Å². The van der Waals surface area contributed by atoms with Gasteiger partial charge in [-0.25, -0.2) is 12.7 Å². The van der Waals surface area contributed by atoms with Crippen molar-refractivity contribution in [2.45, 2.75) is 38.0 Å². The molecule has 0 bridgehead atoms. The molecule has 0 spiro atoms. The van der Waals surface area contributed by atoms with Crippen LogP contribution in [0.2, 0.25) is 0 Å². The van der Waals surface area contributed by atoms with Gasteiger partial charge in [0, 0.05) is 38.6 Å². The maximum atomic E-state index is 13.5. The number of nitrogens with one attached hydrogen (secondary N) is 1. The van der Waals surface area contributed by atoms with E-state index in [1.54, 1.807) is 35.9 Å². The van der Waals surface area contributed by atoms with Gasteiger partial charge in [-0.15, -0.1) is 5.10 Å². The van der Waals surface area contributed by atoms with Gasteiger partial charge in [0.05, 0.1) is 16.1 Å². The molecule has 0 radical (unpaired) electrons. The fourth-order valence-electron chi connectivity index (χ4n) is 4.05. The number of tetrazole rings is 1. The lowest BCUT2D eigenvalue weighted by molar-refractivity contribution is 0.102. The number of aromatic nitrogens is 4. The van der Waals surface area contributed by atoms with Crippen LogP contribution in [0.15, 0.2) is 41.3 Å². The van der Waals surface area contributed by atoms with E-state index in [1.165, 1.54) is 20.2 Å². The maximum absolute atomic E-state index is 13.5. The fraction of sp³-hybridized carbons (Fsp3) is 0.391. The van der Waals surface area contributed by atoms with Crippen molar-refractivity contribution in [2.24, 2.45) is 0 Å². The number of hydrogen-bond acceptors (Lipinski definition) is 7. The molecular formula is C23H29N7O3S. The number of carbonyl (C=O) groups is 1. The summed E-state index contributed by atoms with van der Waals surface area (Å²) in [6.45, 7) is 5.39. The third-order valence-corrected chi connectivity index (χ3v) is 7.82. The molecule has 1 aliphatic heterocycles. The summed E-state index contributed by atoms with van der Waals surface area (Å²) in [4.78, 5) is 15.7. The lowest BCUT2D eigenvalue weighted by atomic mass is 10.1. The first-order valence-electron chi connectivity index (χ1n) is 11.2. The Morgan fingerprint density at radius 1 is 1.00 bits per heavy atom. The van der Waals surface area contributed by atoms with E-state index in [0.717, 1.165) is 53.6 Å². The van der Waals surface area contributed by atoms with Crippen LogP contribution in [0, 0.1) is 13.8 Å². The smallest absolute Gasteiger partial charge is 0.257 e. The Morgan fingerprint density at radius 3 is 2.38 bits per heavy atom. The standard InChI is InChI=1S/C23H29N7O3S/c1-16-8-9-18(14-22(16)30-17(2)25-26-27-30)24-23(31)20-15-19(34(32,33)28(3)4)10-11-21(20)29-12-6-5-7-13-29/h8-11,14-15H,5-7,12-13H2,1-4H3,(H,24,31). The van der Waals surface area contributed by atoms with Crippen LogP contribution in [0.4, 0.5) is 11.4 Å². The Kier molecular flexibility index (Phi) is 6.67. The second-order valence-electron chi connectivity index (χ2n) is 8.61. The highest BCUT2D eigenvalue weighted by Crippen LogP contribution is 2.29. The molecule has 1 fully saturated rings. The van der Waals surface area contributed by atoms with Crippen molar-refractivity contribution in [1.29, 1.82) is 0 Å². The molecule has 1 amide bonds. The molecule has 2 aromatic carbocycles. The predicted octanol–water partition coefficient (Wildman–Crippen LogP) is 2.77. The average Bonchev–Trinajstić information content (AvgIpc) is 3.25. The van der Waals surface area contributed by atoms with Crippen LogP contribution >= 0.6 is 0 Å². The van der Waals surface area contributed by atoms with E-state index in [4.69, 9.17) is 0 Å². The van der Waals surface area contributed by atoms with Crippen molar-refractivity contribution in [1.82, 2.24) is 24.5 Å². The monoisotopic (exact) mass is 483 g/mol. The Labute approximate surface area is 199 Å². The van der Waals surface area contributed by atoms with Crippen molar-refractivity contribution in [3.63, 3.8) is 0 Å². The first-order chi connectivity index (χ1) is 16.2. The van der Waals surface area contributed by atoms with Gasteiger partial charge in [-0.05, 0) is 79.4 Å². The largest absolute Gasteiger partial charge is 0.371 e. The average molecular weight is 484 g/mol. The van der Waals surface area contributed by atoms with Crippen molar-refractivity contribution in [3.8, 4) is 5.69 Å². The van der Waals surface area contributed by atoms with Gasteiger partial charge in [-0.3, -0.25) is 4.79 Å². The molecule has 4 rings (SSSR count). The van der Waals surface area contributed by atoms with Gasteiger partial charge in [0.2, 0.25) is 10.0 Å². The van der Waals surface area contributed by atoms with Gasteiger partial charge in [0.1, 0.15) is 0 Å². The summed E-state index contributed by atoms with van der Waals surface area (Å²) in [7, 11) is -0.741. The molecular weight excluding hydrogens is 454 g/mol. The number of sulfonamides is 1. The van der Waals surface area contributed by atoms with E-state index in [9.17, 15) is 13.2 Å². The number of hydrogen-bond donors (Lipinski definition) is 1. The molecule has 10 nitrogen and oxygen atoms in total. The molecule has 180 valence electrons. The molecule has 1 N–H and O–H groups in total. The van der Waals surface area contributed by atoms with Gasteiger partial charge >= 0.3 is 0 Å². The lowest BCUT2D eigenvalue weighted by Crippen LogP contribution is -2.32. The minimum atomic E-state index is -3.69. The fourth-order valence-corrected chi connectivity index (χ4v) is 4.98. The van der Waals surface area contributed by atoms with Crippen LogP contribution in [-0.4, -0.2) is 66.0 Å². The summed E-state index contributed by atoms with van der Waals surface area (Å²) in [5.74, 6) is 0.250. The zero-order valence-electron chi connectivity index (χ0n) is 19.8. The molecule has 0 unspecified atom stereocenters. The molecule has 1 saturated heterocycles. The van der Waals surface area contributed by atoms with E-state index in [1.807, 2.05) is 13.0 Å². The van der Waals surface area contributed by atoms with Crippen molar-refractivity contribution < 1.29 is 13.2 Å². The number of nitrogens with zero attached hydrogens (tertiary/aromatic N) is 6. The van der Waals surface area contributed by atoms with E-state index in [2.05, 4.69) is 25.7 Å². The number of amides is 1. The highest BCUT2D eigenvalue weighted by Gasteiger charge is 2.24. The number of anilines is 2. The molecule has 11 heteroatoms. The van der Waals surface area contributed by atoms with Gasteiger partial charge in [-0.1, -0.05) is 6.07 Å². The highest BCUT2D eigenvalue weighted by molar-refractivity contribution is 7.89. The highest BCUT2D eigenvalue weighted by atomic mass is 32.2. The quantitative estimate of drug-likeness (QED) is 0.573. The summed E-state index contributed by atoms with van der Waals surface area (Å²) in [5, 5.41) is 14.6. The molecule has 2 heterocycles. The maximum Gasteiger partial charge on any atom is 0.257 e. The zero-order valence-corrected chi connectivity index (χ0v) is 20.6. The minimum absolute atomic E-state index is 0.0809. The van der Waals surface area contributed by atoms with Gasteiger partial charge in [-0.2, -0.15) is 4.68 Å². The predicted molar refractivity (Wildman–Crippen MR) is 130 cm³/mol. The molecule has 1 aromatic heterocycles. The number of carbonyl (C=O) groups excluding carboxylic acids is 1. The van der Waals surface area contributed by atoms with Gasteiger partial charge in [0.25, 0.3) is 5.91 Å². The molecule has 0 atom stereocenters. The van der Waals surface area contributed by atoms with Crippen LogP contribution in [0.5, 0.6) is 0 Å². The number of benzene rings is 2. The second kappa shape index (κ2) is 9.51. The van der Waals surface area contributed by atoms with E-state index in [-0.39, 0.29) is 10.8 Å². The molecule has 34 heavy (non-hydrogen) atoms. The van der Waals surface area contributed by atoms with Crippen molar-refractivity contribution >= 4 is 27.3 Å². The summed E-state index contributed by atoms with van der Waals surface area (Å²) >= 11 is 0. The van der Waals surface area contributed by atoms with Crippen molar-refractivity contribution in [3.05, 3.63) is 53.3 Å². The SMILES string of the molecule is Cc1ccc(NC(=O)c2cc(S(=O)(=O)N(C)C)ccc2N2CCCCC2)cc1-n1nnnc1C. The molecule has 1 aliphatic rings. The van der Waals surface area contributed by atoms with E-state index >= 15 is 0 Å². The van der Waals surface area contributed by atoms with Crippen LogP contribution < -0.4 is 10.2 Å². The van der Waals surface area contributed by atoms with Gasteiger partial charge < -0.3 is 10.2 Å². The Morgan fingerprint density at radius 2 is 1.74 bits per heavy atom. The number of piperidine rings is 1. The first-order valence-corrected chi connectivity index (χ1v) is 12.6. The van der Waals surface area contributed by atoms with Crippen LogP contribution in [0.3, 0.4) is 0 Å². The first kappa shape index (κ1) is 23.8. The Balaban J connectivity index is 1.72. The number of rotatable bonds is 6. The third kappa shape index (κ3) is 4.66. The summed E-state index contributed by atoms with van der Waals surface area (Å²) < 4.78 is 28.3. The normalized spacial score (nSPS) is 14.4. The van der Waals surface area contributed by atoms with Gasteiger partial charge in [0.15, 0.2) is 5.82 Å². The Bertz CT molecular complexity index is 1310. The van der Waals surface area contributed by atoms with Crippen molar-refractivity contribution in [2.75, 3.05) is 37.4 Å². The van der Waals surface area contributed by atoms with Crippen LogP contribution in [0.1, 0.15) is 41.0 Å². The third-order valence-electron chi connectivity index (χ3n) is 6.01. The molecule has 3 aromatic rings. The van der Waals surface area contributed by atoms with Crippen LogP contribution in [0.25, 0.3) is 5.69 Å². The summed E-state index contributed by atoms with van der Waals surface area (Å²) in [5.41, 5.74) is 3.32. The Hall–Kier alpha value is -3.31. The number of aryl methyl sites for hydroxylation is 2.